The number of carbonyl (C=O) groups excluding carboxylic acids is 2. The number of carbonyl (C=O) groups is 2. The van der Waals surface area contributed by atoms with E-state index in [0.29, 0.717) is 11.5 Å². The van der Waals surface area contributed by atoms with E-state index in [1.54, 1.807) is 6.08 Å². The Morgan fingerprint density at radius 3 is 2.10 bits per heavy atom. The summed E-state index contributed by atoms with van der Waals surface area (Å²) in [5, 5.41) is 4.41. The van der Waals surface area contributed by atoms with E-state index in [0.717, 1.165) is 29.6 Å². The Balaban J connectivity index is 1.30. The van der Waals surface area contributed by atoms with Gasteiger partial charge in [-0.2, -0.15) is 0 Å². The van der Waals surface area contributed by atoms with Gasteiger partial charge < -0.3 is 9.30 Å². The first-order chi connectivity index (χ1) is 14.7. The quantitative estimate of drug-likeness (QED) is 0.456. The van der Waals surface area contributed by atoms with Crippen LogP contribution in [-0.4, -0.2) is 22.3 Å². The Kier molecular flexibility index (Phi) is 4.77. The van der Waals surface area contributed by atoms with Crippen LogP contribution in [0.4, 0.5) is 4.79 Å². The van der Waals surface area contributed by atoms with Crippen molar-refractivity contribution < 1.29 is 14.3 Å². The first-order valence-corrected chi connectivity index (χ1v) is 10.4. The fourth-order valence-electron chi connectivity index (χ4n) is 3.73. The molecule has 3 aromatic carbocycles. The molecule has 2 amide bonds. The third-order valence-corrected chi connectivity index (χ3v) is 5.89. The van der Waals surface area contributed by atoms with Crippen molar-refractivity contribution in [3.63, 3.8) is 0 Å². The number of hydrogen-bond acceptors (Lipinski definition) is 4. The zero-order chi connectivity index (χ0) is 20.5. The highest BCUT2D eigenvalue weighted by Gasteiger charge is 2.24. The van der Waals surface area contributed by atoms with E-state index in [4.69, 9.17) is 4.74 Å². The smallest absolute Gasteiger partial charge is 0.290 e. The summed E-state index contributed by atoms with van der Waals surface area (Å²) >= 11 is 0.914. The van der Waals surface area contributed by atoms with E-state index < -0.39 is 0 Å². The molecule has 0 saturated carbocycles. The number of rotatable bonds is 5. The van der Waals surface area contributed by atoms with Crippen LogP contribution in [-0.2, 0) is 11.3 Å². The highest BCUT2D eigenvalue weighted by molar-refractivity contribution is 8.18. The molecule has 0 aliphatic carbocycles. The molecule has 6 heteroatoms. The minimum atomic E-state index is -0.350. The van der Waals surface area contributed by atoms with Gasteiger partial charge in [0.15, 0.2) is 0 Å². The summed E-state index contributed by atoms with van der Waals surface area (Å²) in [4.78, 5) is 23.3. The van der Waals surface area contributed by atoms with E-state index in [2.05, 4.69) is 58.4 Å². The number of ether oxygens (including phenoxy) is 1. The molecular weight excluding hydrogens is 396 g/mol. The topological polar surface area (TPSA) is 60.3 Å². The van der Waals surface area contributed by atoms with Crippen LogP contribution in [0.25, 0.3) is 27.9 Å². The van der Waals surface area contributed by atoms with Gasteiger partial charge in [-0.05, 0) is 47.7 Å². The van der Waals surface area contributed by atoms with Crippen LogP contribution in [0.15, 0.2) is 77.7 Å². The summed E-state index contributed by atoms with van der Waals surface area (Å²) < 4.78 is 8.25. The van der Waals surface area contributed by atoms with Gasteiger partial charge in [-0.1, -0.05) is 48.5 Å². The first-order valence-electron chi connectivity index (χ1n) is 9.63. The lowest BCUT2D eigenvalue weighted by Gasteiger charge is -2.10. The second-order valence-corrected chi connectivity index (χ2v) is 7.97. The SMILES string of the molecule is O=C1NC(=O)/C(=C/c2ccc(OCCn3c4ccccc4c4ccccc43)cc2)S1. The number of aromatic nitrogens is 1. The lowest BCUT2D eigenvalue weighted by atomic mass is 10.2. The van der Waals surface area contributed by atoms with Crippen LogP contribution in [0, 0.1) is 0 Å². The van der Waals surface area contributed by atoms with Crippen LogP contribution in [0.5, 0.6) is 5.75 Å². The molecule has 1 N–H and O–H groups in total. The van der Waals surface area contributed by atoms with Gasteiger partial charge in [-0.25, -0.2) is 0 Å². The maximum atomic E-state index is 11.6. The number of fused-ring (bicyclic) bond motifs is 3. The van der Waals surface area contributed by atoms with Gasteiger partial charge in [0.05, 0.1) is 11.4 Å². The van der Waals surface area contributed by atoms with Gasteiger partial charge in [-0.3, -0.25) is 14.9 Å². The van der Waals surface area contributed by atoms with Crippen molar-refractivity contribution in [1.82, 2.24) is 9.88 Å². The Morgan fingerprint density at radius 1 is 0.867 bits per heavy atom. The minimum absolute atomic E-state index is 0.337. The lowest BCUT2D eigenvalue weighted by molar-refractivity contribution is -0.115. The summed E-state index contributed by atoms with van der Waals surface area (Å²) in [6.07, 6.45) is 1.70. The molecule has 2 heterocycles. The summed E-state index contributed by atoms with van der Waals surface area (Å²) in [5.41, 5.74) is 3.24. The molecule has 5 nitrogen and oxygen atoms in total. The molecule has 148 valence electrons. The van der Waals surface area contributed by atoms with Crippen LogP contribution in [0.2, 0.25) is 0 Å². The van der Waals surface area contributed by atoms with Crippen LogP contribution >= 0.6 is 11.8 Å². The predicted molar refractivity (Wildman–Crippen MR) is 120 cm³/mol. The summed E-state index contributed by atoms with van der Waals surface area (Å²) in [7, 11) is 0. The molecule has 0 bridgehead atoms. The van der Waals surface area contributed by atoms with Gasteiger partial charge in [0, 0.05) is 21.8 Å². The number of benzene rings is 3. The van der Waals surface area contributed by atoms with Crippen molar-refractivity contribution in [3.05, 3.63) is 83.3 Å². The van der Waals surface area contributed by atoms with Crippen molar-refractivity contribution >= 4 is 50.8 Å². The van der Waals surface area contributed by atoms with Crippen molar-refractivity contribution in [1.29, 1.82) is 0 Å². The molecule has 0 atom stereocenters. The Bertz CT molecular complexity index is 1250. The van der Waals surface area contributed by atoms with Gasteiger partial charge in [0.1, 0.15) is 12.4 Å². The van der Waals surface area contributed by atoms with E-state index in [-0.39, 0.29) is 11.1 Å². The van der Waals surface area contributed by atoms with E-state index >= 15 is 0 Å². The van der Waals surface area contributed by atoms with Crippen molar-refractivity contribution in [3.8, 4) is 5.75 Å². The van der Waals surface area contributed by atoms with Crippen LogP contribution in [0.1, 0.15) is 5.56 Å². The summed E-state index contributed by atoms with van der Waals surface area (Å²) in [6.45, 7) is 1.27. The average Bonchev–Trinajstić information content (AvgIpc) is 3.26. The molecule has 1 fully saturated rings. The Labute approximate surface area is 177 Å². The average molecular weight is 414 g/mol. The van der Waals surface area contributed by atoms with Crippen molar-refractivity contribution in [2.75, 3.05) is 6.61 Å². The Morgan fingerprint density at radius 2 is 1.50 bits per heavy atom. The number of para-hydroxylation sites is 2. The predicted octanol–water partition coefficient (Wildman–Crippen LogP) is 5.20. The monoisotopic (exact) mass is 414 g/mol. The van der Waals surface area contributed by atoms with Crippen LogP contribution < -0.4 is 10.1 Å². The van der Waals surface area contributed by atoms with E-state index in [9.17, 15) is 9.59 Å². The maximum Gasteiger partial charge on any atom is 0.290 e. The summed E-state index contributed by atoms with van der Waals surface area (Å²) in [5.74, 6) is 0.411. The van der Waals surface area contributed by atoms with Crippen LogP contribution in [0.3, 0.4) is 0 Å². The zero-order valence-electron chi connectivity index (χ0n) is 16.0. The largest absolute Gasteiger partial charge is 0.492 e. The normalized spacial score (nSPS) is 15.3. The molecule has 0 spiro atoms. The molecule has 1 saturated heterocycles. The van der Waals surface area contributed by atoms with Gasteiger partial charge in [0.2, 0.25) is 0 Å². The Hall–Kier alpha value is -3.51. The van der Waals surface area contributed by atoms with E-state index in [1.165, 1.54) is 21.8 Å². The van der Waals surface area contributed by atoms with Gasteiger partial charge >= 0.3 is 0 Å². The molecule has 5 rings (SSSR count). The zero-order valence-corrected chi connectivity index (χ0v) is 16.8. The minimum Gasteiger partial charge on any atom is -0.492 e. The molecule has 30 heavy (non-hydrogen) atoms. The first kappa shape index (κ1) is 18.5. The van der Waals surface area contributed by atoms with Gasteiger partial charge in [-0.15, -0.1) is 0 Å². The molecule has 1 aliphatic heterocycles. The van der Waals surface area contributed by atoms with E-state index in [1.807, 2.05) is 24.3 Å². The highest BCUT2D eigenvalue weighted by atomic mass is 32.2. The molecule has 4 aromatic rings. The van der Waals surface area contributed by atoms with Crippen molar-refractivity contribution in [2.24, 2.45) is 0 Å². The van der Waals surface area contributed by atoms with Gasteiger partial charge in [0.25, 0.3) is 11.1 Å². The summed E-state index contributed by atoms with van der Waals surface area (Å²) in [6, 6.07) is 24.3. The third-order valence-electron chi connectivity index (χ3n) is 5.08. The number of nitrogens with one attached hydrogen (secondary N) is 1. The molecule has 0 radical (unpaired) electrons. The fourth-order valence-corrected chi connectivity index (χ4v) is 4.41. The fraction of sp³-hybridized carbons (Fsp3) is 0.0833. The highest BCUT2D eigenvalue weighted by Crippen LogP contribution is 2.29. The molecular formula is C24H18N2O3S. The standard InChI is InChI=1S/C24H18N2O3S/c27-23-22(30-24(28)25-23)15-16-9-11-17(12-10-16)29-14-13-26-20-7-3-1-5-18(20)19-6-2-4-8-21(19)26/h1-12,15H,13-14H2,(H,25,27,28)/b22-15-. The number of amides is 2. The third kappa shape index (κ3) is 3.46. The second-order valence-electron chi connectivity index (χ2n) is 6.96. The maximum absolute atomic E-state index is 11.6. The molecule has 1 aliphatic rings. The molecule has 1 aromatic heterocycles. The van der Waals surface area contributed by atoms with Crippen molar-refractivity contribution in [2.45, 2.75) is 6.54 Å². The number of nitrogens with zero attached hydrogens (tertiary/aromatic N) is 1. The lowest BCUT2D eigenvalue weighted by Crippen LogP contribution is -2.17. The number of thioether (sulfide) groups is 1. The molecule has 0 unspecified atom stereocenters. The number of hydrogen-bond donors (Lipinski definition) is 1. The number of imide groups is 1. The second kappa shape index (κ2) is 7.72.